The number of phenols is 1. The molecule has 0 bridgehead atoms. The highest BCUT2D eigenvalue weighted by atomic mass is 16.3. The second kappa shape index (κ2) is 6.79. The monoisotopic (exact) mass is 311 g/mol. The minimum Gasteiger partial charge on any atom is -0.507 e. The van der Waals surface area contributed by atoms with E-state index in [4.69, 9.17) is 0 Å². The number of hydrazone groups is 1. The average molecular weight is 311 g/mol. The van der Waals surface area contributed by atoms with E-state index >= 15 is 0 Å². The maximum absolute atomic E-state index is 12.2. The summed E-state index contributed by atoms with van der Waals surface area (Å²) in [7, 11) is 1.96. The summed E-state index contributed by atoms with van der Waals surface area (Å²) in [5.41, 5.74) is 3.21. The van der Waals surface area contributed by atoms with Gasteiger partial charge in [0.1, 0.15) is 5.75 Å². The summed E-state index contributed by atoms with van der Waals surface area (Å²) >= 11 is 0. The lowest BCUT2D eigenvalue weighted by atomic mass is 10.0. The lowest BCUT2D eigenvalue weighted by molar-refractivity contribution is -0.126. The predicted molar refractivity (Wildman–Crippen MR) is 91.6 cm³/mol. The number of hydrogen-bond acceptors (Lipinski definition) is 4. The largest absolute Gasteiger partial charge is 0.507 e. The van der Waals surface area contributed by atoms with Crippen LogP contribution in [0.2, 0.25) is 0 Å². The topological polar surface area (TPSA) is 64.9 Å². The number of benzene rings is 2. The van der Waals surface area contributed by atoms with Crippen LogP contribution in [0.4, 0.5) is 0 Å². The number of fused-ring (bicyclic) bond motifs is 1. The molecule has 23 heavy (non-hydrogen) atoms. The molecular weight excluding hydrogens is 290 g/mol. The summed E-state index contributed by atoms with van der Waals surface area (Å²) in [5, 5.41) is 16.0. The van der Waals surface area contributed by atoms with Crippen molar-refractivity contribution >= 4 is 22.9 Å². The third-order valence-corrected chi connectivity index (χ3v) is 4.39. The summed E-state index contributed by atoms with van der Waals surface area (Å²) in [4.78, 5) is 14.3. The Labute approximate surface area is 135 Å². The average Bonchev–Trinajstić information content (AvgIpc) is 2.57. The predicted octanol–water partition coefficient (Wildman–Crippen LogP) is 2.48. The van der Waals surface area contributed by atoms with Gasteiger partial charge in [0, 0.05) is 5.56 Å². The van der Waals surface area contributed by atoms with Crippen LogP contribution in [0.15, 0.2) is 41.5 Å². The third kappa shape index (κ3) is 3.35. The fourth-order valence-corrected chi connectivity index (χ4v) is 3.06. The fourth-order valence-electron chi connectivity index (χ4n) is 3.06. The van der Waals surface area contributed by atoms with E-state index in [1.165, 1.54) is 6.21 Å². The SMILES string of the molecule is CN1CCCCC1C(=O)NN=Cc1c(O)ccc2ccccc12. The first kappa shape index (κ1) is 15.5. The van der Waals surface area contributed by atoms with E-state index in [9.17, 15) is 9.90 Å². The number of likely N-dealkylation sites (N-methyl/N-ethyl adjacent to an activating group) is 1. The Morgan fingerprint density at radius 1 is 1.30 bits per heavy atom. The van der Waals surface area contributed by atoms with Gasteiger partial charge in [-0.1, -0.05) is 36.8 Å². The zero-order chi connectivity index (χ0) is 16.2. The van der Waals surface area contributed by atoms with Crippen LogP contribution in [0.1, 0.15) is 24.8 Å². The molecule has 1 heterocycles. The molecule has 5 heteroatoms. The fraction of sp³-hybridized carbons (Fsp3) is 0.333. The number of carbonyl (C=O) groups excluding carboxylic acids is 1. The van der Waals surface area contributed by atoms with Crippen LogP contribution in [0.25, 0.3) is 10.8 Å². The quantitative estimate of drug-likeness (QED) is 0.676. The van der Waals surface area contributed by atoms with E-state index < -0.39 is 0 Å². The molecule has 2 N–H and O–H groups in total. The van der Waals surface area contributed by atoms with Crippen molar-refractivity contribution in [2.75, 3.05) is 13.6 Å². The number of aromatic hydroxyl groups is 1. The van der Waals surface area contributed by atoms with Gasteiger partial charge in [0.05, 0.1) is 12.3 Å². The van der Waals surface area contributed by atoms with E-state index in [0.29, 0.717) is 5.56 Å². The Kier molecular flexibility index (Phi) is 4.57. The first-order chi connectivity index (χ1) is 11.2. The highest BCUT2D eigenvalue weighted by Gasteiger charge is 2.25. The van der Waals surface area contributed by atoms with Crippen molar-refractivity contribution in [2.45, 2.75) is 25.3 Å². The van der Waals surface area contributed by atoms with Gasteiger partial charge in [-0.05, 0) is 43.3 Å². The van der Waals surface area contributed by atoms with Gasteiger partial charge in [0.2, 0.25) is 0 Å². The lowest BCUT2D eigenvalue weighted by Gasteiger charge is -2.30. The summed E-state index contributed by atoms with van der Waals surface area (Å²) in [6, 6.07) is 11.1. The van der Waals surface area contributed by atoms with Crippen LogP contribution in [-0.2, 0) is 4.79 Å². The zero-order valence-corrected chi connectivity index (χ0v) is 13.2. The van der Waals surface area contributed by atoms with Crippen molar-refractivity contribution < 1.29 is 9.90 Å². The van der Waals surface area contributed by atoms with Gasteiger partial charge >= 0.3 is 0 Å². The highest BCUT2D eigenvalue weighted by Crippen LogP contribution is 2.25. The van der Waals surface area contributed by atoms with Crippen LogP contribution >= 0.6 is 0 Å². The van der Waals surface area contributed by atoms with Crippen molar-refractivity contribution in [3.63, 3.8) is 0 Å². The zero-order valence-electron chi connectivity index (χ0n) is 13.2. The number of phenolic OH excluding ortho intramolecular Hbond substituents is 1. The molecule has 2 aromatic carbocycles. The van der Waals surface area contributed by atoms with Gasteiger partial charge < -0.3 is 5.11 Å². The van der Waals surface area contributed by atoms with Gasteiger partial charge in [-0.2, -0.15) is 5.10 Å². The van der Waals surface area contributed by atoms with E-state index in [0.717, 1.165) is 36.6 Å². The maximum atomic E-state index is 12.2. The van der Waals surface area contributed by atoms with Gasteiger partial charge in [-0.15, -0.1) is 0 Å². The number of piperidine rings is 1. The molecule has 1 aliphatic rings. The highest BCUT2D eigenvalue weighted by molar-refractivity contribution is 6.02. The molecule has 1 saturated heterocycles. The minimum absolute atomic E-state index is 0.0943. The summed E-state index contributed by atoms with van der Waals surface area (Å²) in [6.45, 7) is 0.936. The van der Waals surface area contributed by atoms with E-state index in [-0.39, 0.29) is 17.7 Å². The van der Waals surface area contributed by atoms with Crippen LogP contribution in [-0.4, -0.2) is 41.8 Å². The second-order valence-electron chi connectivity index (χ2n) is 5.95. The maximum Gasteiger partial charge on any atom is 0.257 e. The molecule has 0 radical (unpaired) electrons. The van der Waals surface area contributed by atoms with E-state index in [1.54, 1.807) is 6.07 Å². The molecule has 5 nitrogen and oxygen atoms in total. The van der Waals surface area contributed by atoms with Crippen molar-refractivity contribution in [1.82, 2.24) is 10.3 Å². The molecule has 1 amide bonds. The molecule has 0 aromatic heterocycles. The van der Waals surface area contributed by atoms with Crippen LogP contribution in [0, 0.1) is 0 Å². The summed E-state index contributed by atoms with van der Waals surface area (Å²) in [6.07, 6.45) is 4.57. The van der Waals surface area contributed by atoms with Crippen molar-refractivity contribution in [2.24, 2.45) is 5.10 Å². The van der Waals surface area contributed by atoms with E-state index in [2.05, 4.69) is 15.4 Å². The number of likely N-dealkylation sites (tertiary alicyclic amines) is 1. The second-order valence-corrected chi connectivity index (χ2v) is 5.95. The van der Waals surface area contributed by atoms with Gasteiger partial charge in [0.15, 0.2) is 0 Å². The van der Waals surface area contributed by atoms with E-state index in [1.807, 2.05) is 37.4 Å². The van der Waals surface area contributed by atoms with Gasteiger partial charge in [-0.25, -0.2) is 5.43 Å². The molecule has 1 fully saturated rings. The summed E-state index contributed by atoms with van der Waals surface area (Å²) < 4.78 is 0. The molecule has 3 rings (SSSR count). The van der Waals surface area contributed by atoms with Crippen LogP contribution < -0.4 is 5.43 Å². The Hall–Kier alpha value is -2.40. The summed E-state index contributed by atoms with van der Waals surface area (Å²) in [5.74, 6) is 0.0552. The molecule has 0 saturated carbocycles. The van der Waals surface area contributed by atoms with Gasteiger partial charge in [0.25, 0.3) is 5.91 Å². The number of nitrogens with one attached hydrogen (secondary N) is 1. The van der Waals surface area contributed by atoms with Crippen molar-refractivity contribution in [3.8, 4) is 5.75 Å². The Morgan fingerprint density at radius 2 is 2.13 bits per heavy atom. The van der Waals surface area contributed by atoms with Gasteiger partial charge in [-0.3, -0.25) is 9.69 Å². The molecule has 1 atom stereocenters. The molecule has 1 unspecified atom stereocenters. The number of nitrogens with zero attached hydrogens (tertiary/aromatic N) is 2. The molecule has 120 valence electrons. The smallest absolute Gasteiger partial charge is 0.257 e. The number of hydrogen-bond donors (Lipinski definition) is 2. The first-order valence-corrected chi connectivity index (χ1v) is 7.90. The molecule has 1 aliphatic heterocycles. The lowest BCUT2D eigenvalue weighted by Crippen LogP contribution is -2.46. The Morgan fingerprint density at radius 3 is 2.96 bits per heavy atom. The van der Waals surface area contributed by atoms with Crippen molar-refractivity contribution in [1.29, 1.82) is 0 Å². The normalized spacial score (nSPS) is 19.3. The van der Waals surface area contributed by atoms with Crippen molar-refractivity contribution in [3.05, 3.63) is 42.0 Å². The minimum atomic E-state index is -0.123. The standard InChI is InChI=1S/C18H21N3O2/c1-21-11-5-4-8-16(21)18(23)20-19-12-15-14-7-3-2-6-13(14)9-10-17(15)22/h2-3,6-7,9-10,12,16,22H,4-5,8,11H2,1H3,(H,20,23). The number of amides is 1. The molecular formula is C18H21N3O2. The molecule has 0 aliphatic carbocycles. The number of carbonyl (C=O) groups is 1. The van der Waals surface area contributed by atoms with Crippen LogP contribution in [0.5, 0.6) is 5.75 Å². The number of rotatable bonds is 3. The third-order valence-electron chi connectivity index (χ3n) is 4.39. The van der Waals surface area contributed by atoms with Crippen LogP contribution in [0.3, 0.4) is 0 Å². The Bertz CT molecular complexity index is 742. The first-order valence-electron chi connectivity index (χ1n) is 7.90. The Balaban J connectivity index is 1.75. The molecule has 2 aromatic rings. The molecule has 0 spiro atoms.